The van der Waals surface area contributed by atoms with E-state index in [1.807, 2.05) is 6.92 Å². The summed E-state index contributed by atoms with van der Waals surface area (Å²) < 4.78 is 0. The van der Waals surface area contributed by atoms with Gasteiger partial charge in [0.1, 0.15) is 5.56 Å². The minimum absolute atomic E-state index is 0.209. The maximum absolute atomic E-state index is 11.3. The molecule has 1 aromatic carbocycles. The molecule has 20 heavy (non-hydrogen) atoms. The quantitative estimate of drug-likeness (QED) is 0.613. The van der Waals surface area contributed by atoms with Crippen molar-refractivity contribution in [3.8, 4) is 0 Å². The van der Waals surface area contributed by atoms with Gasteiger partial charge in [0.15, 0.2) is 0 Å². The zero-order valence-electron chi connectivity index (χ0n) is 12.0. The van der Waals surface area contributed by atoms with Crippen LogP contribution >= 0.6 is 0 Å². The van der Waals surface area contributed by atoms with E-state index in [9.17, 15) is 20.0 Å². The van der Waals surface area contributed by atoms with E-state index >= 15 is 0 Å². The maximum Gasteiger partial charge on any atom is 0.343 e. The normalized spacial score (nSPS) is 12.4. The fourth-order valence-electron chi connectivity index (χ4n) is 2.17. The fourth-order valence-corrected chi connectivity index (χ4v) is 2.17. The summed E-state index contributed by atoms with van der Waals surface area (Å²) in [4.78, 5) is 23.7. The van der Waals surface area contributed by atoms with Crippen LogP contribution in [0.2, 0.25) is 0 Å². The molecular weight excluding hydrogens is 260 g/mol. The molecule has 110 valence electrons. The zero-order chi connectivity index (χ0) is 15.3. The zero-order valence-corrected chi connectivity index (χ0v) is 12.0. The summed E-state index contributed by atoms with van der Waals surface area (Å²) in [5.74, 6) is -1.26. The standard InChI is InChI=1S/C14H20N2O4/c1-4-10(3)15(5-2)9-11-7-6-8-12(16(19)20)13(11)14(17)18/h6-8,10H,4-5,9H2,1-3H3,(H,17,18). The molecule has 1 unspecified atom stereocenters. The minimum Gasteiger partial charge on any atom is -0.477 e. The summed E-state index contributed by atoms with van der Waals surface area (Å²) in [6.07, 6.45) is 0.936. The Labute approximate surface area is 118 Å². The third-order valence-electron chi connectivity index (χ3n) is 3.53. The third kappa shape index (κ3) is 3.54. The van der Waals surface area contributed by atoms with Crippen molar-refractivity contribution in [2.75, 3.05) is 6.54 Å². The lowest BCUT2D eigenvalue weighted by molar-refractivity contribution is -0.385. The summed E-state index contributed by atoms with van der Waals surface area (Å²) in [6.45, 7) is 7.26. The first-order valence-corrected chi connectivity index (χ1v) is 6.65. The number of carboxylic acids is 1. The van der Waals surface area contributed by atoms with Gasteiger partial charge in [0.05, 0.1) is 4.92 Å². The average Bonchev–Trinajstić information content (AvgIpc) is 2.43. The van der Waals surface area contributed by atoms with Gasteiger partial charge >= 0.3 is 5.97 Å². The molecule has 0 aliphatic rings. The van der Waals surface area contributed by atoms with Crippen LogP contribution in [0.25, 0.3) is 0 Å². The van der Waals surface area contributed by atoms with E-state index in [2.05, 4.69) is 18.7 Å². The molecule has 6 heteroatoms. The molecule has 0 bridgehead atoms. The molecule has 0 amide bonds. The second kappa shape index (κ2) is 7.00. The van der Waals surface area contributed by atoms with Crippen molar-refractivity contribution in [2.45, 2.75) is 39.8 Å². The molecule has 0 heterocycles. The van der Waals surface area contributed by atoms with Crippen LogP contribution in [0.15, 0.2) is 18.2 Å². The number of aromatic carboxylic acids is 1. The second-order valence-electron chi connectivity index (χ2n) is 4.69. The Morgan fingerprint density at radius 2 is 2.10 bits per heavy atom. The molecule has 0 fully saturated rings. The number of nitrogens with zero attached hydrogens (tertiary/aromatic N) is 2. The molecule has 1 aromatic rings. The number of rotatable bonds is 7. The van der Waals surface area contributed by atoms with Crippen molar-refractivity contribution in [1.29, 1.82) is 0 Å². The molecule has 0 radical (unpaired) electrons. The van der Waals surface area contributed by atoms with Crippen molar-refractivity contribution in [2.24, 2.45) is 0 Å². The van der Waals surface area contributed by atoms with Gasteiger partial charge in [-0.3, -0.25) is 15.0 Å². The maximum atomic E-state index is 11.3. The lowest BCUT2D eigenvalue weighted by Gasteiger charge is -2.27. The summed E-state index contributed by atoms with van der Waals surface area (Å²) in [5, 5.41) is 20.2. The minimum atomic E-state index is -1.26. The third-order valence-corrected chi connectivity index (χ3v) is 3.53. The first kappa shape index (κ1) is 16.1. The SMILES string of the molecule is CCC(C)N(CC)Cc1cccc([N+](=O)[O-])c1C(=O)O. The van der Waals surface area contributed by atoms with Gasteiger partial charge in [0.2, 0.25) is 0 Å². The van der Waals surface area contributed by atoms with E-state index in [0.29, 0.717) is 18.2 Å². The predicted molar refractivity (Wildman–Crippen MR) is 75.9 cm³/mol. The Bertz CT molecular complexity index is 502. The average molecular weight is 280 g/mol. The van der Waals surface area contributed by atoms with Crippen LogP contribution in [0.4, 0.5) is 5.69 Å². The molecule has 0 aromatic heterocycles. The van der Waals surface area contributed by atoms with Crippen molar-refractivity contribution in [1.82, 2.24) is 4.90 Å². The van der Waals surface area contributed by atoms with E-state index < -0.39 is 10.9 Å². The number of hydrogen-bond donors (Lipinski definition) is 1. The van der Waals surface area contributed by atoms with Crippen LogP contribution < -0.4 is 0 Å². The topological polar surface area (TPSA) is 83.7 Å². The van der Waals surface area contributed by atoms with Crippen LogP contribution in [0.1, 0.15) is 43.1 Å². The Hall–Kier alpha value is -1.95. The van der Waals surface area contributed by atoms with Crippen molar-refractivity contribution < 1.29 is 14.8 Å². The summed E-state index contributed by atoms with van der Waals surface area (Å²) in [7, 11) is 0. The van der Waals surface area contributed by atoms with Gasteiger partial charge in [0, 0.05) is 18.7 Å². The molecule has 1 rings (SSSR count). The van der Waals surface area contributed by atoms with E-state index in [-0.39, 0.29) is 11.3 Å². The second-order valence-corrected chi connectivity index (χ2v) is 4.69. The number of carbonyl (C=O) groups is 1. The molecule has 0 aliphatic heterocycles. The first-order valence-electron chi connectivity index (χ1n) is 6.65. The van der Waals surface area contributed by atoms with Gasteiger partial charge in [-0.25, -0.2) is 4.79 Å². The number of hydrogen-bond acceptors (Lipinski definition) is 4. The van der Waals surface area contributed by atoms with Crippen molar-refractivity contribution in [3.05, 3.63) is 39.4 Å². The Morgan fingerprint density at radius 3 is 2.55 bits per heavy atom. The highest BCUT2D eigenvalue weighted by Gasteiger charge is 2.24. The van der Waals surface area contributed by atoms with E-state index in [4.69, 9.17) is 0 Å². The monoisotopic (exact) mass is 280 g/mol. The molecule has 1 atom stereocenters. The first-order chi connectivity index (χ1) is 9.42. The van der Waals surface area contributed by atoms with Gasteiger partial charge in [-0.05, 0) is 25.5 Å². The highest BCUT2D eigenvalue weighted by atomic mass is 16.6. The Kier molecular flexibility index (Phi) is 5.64. The Morgan fingerprint density at radius 1 is 1.45 bits per heavy atom. The number of carboxylic acid groups (broad SMARTS) is 1. The van der Waals surface area contributed by atoms with Crippen LogP contribution in [0, 0.1) is 10.1 Å². The number of nitro benzene ring substituents is 1. The summed E-state index contributed by atoms with van der Waals surface area (Å²) in [6, 6.07) is 4.69. The van der Waals surface area contributed by atoms with Gasteiger partial charge in [-0.1, -0.05) is 26.0 Å². The van der Waals surface area contributed by atoms with Gasteiger partial charge in [0.25, 0.3) is 5.69 Å². The van der Waals surface area contributed by atoms with Gasteiger partial charge in [-0.15, -0.1) is 0 Å². The summed E-state index contributed by atoms with van der Waals surface area (Å²) >= 11 is 0. The molecular formula is C14H20N2O4. The van der Waals surface area contributed by atoms with Gasteiger partial charge < -0.3 is 5.11 Å². The lowest BCUT2D eigenvalue weighted by atomic mass is 10.0. The fraction of sp³-hybridized carbons (Fsp3) is 0.500. The number of nitro groups is 1. The molecule has 1 N–H and O–H groups in total. The van der Waals surface area contributed by atoms with Crippen molar-refractivity contribution >= 4 is 11.7 Å². The molecule has 0 aliphatic carbocycles. The van der Waals surface area contributed by atoms with E-state index in [1.165, 1.54) is 12.1 Å². The van der Waals surface area contributed by atoms with E-state index in [0.717, 1.165) is 13.0 Å². The molecule has 0 saturated carbocycles. The van der Waals surface area contributed by atoms with Crippen molar-refractivity contribution in [3.63, 3.8) is 0 Å². The van der Waals surface area contributed by atoms with E-state index in [1.54, 1.807) is 6.07 Å². The van der Waals surface area contributed by atoms with Crippen LogP contribution in [0.3, 0.4) is 0 Å². The van der Waals surface area contributed by atoms with Crippen LogP contribution in [-0.4, -0.2) is 33.5 Å². The largest absolute Gasteiger partial charge is 0.477 e. The lowest BCUT2D eigenvalue weighted by Crippen LogP contribution is -2.32. The predicted octanol–water partition coefficient (Wildman–Crippen LogP) is 2.91. The highest BCUT2D eigenvalue weighted by molar-refractivity contribution is 5.94. The molecule has 6 nitrogen and oxygen atoms in total. The molecule has 0 saturated heterocycles. The summed E-state index contributed by atoms with van der Waals surface area (Å²) in [5.41, 5.74) is -0.0803. The Balaban J connectivity index is 3.21. The number of benzene rings is 1. The van der Waals surface area contributed by atoms with Gasteiger partial charge in [-0.2, -0.15) is 0 Å². The highest BCUT2D eigenvalue weighted by Crippen LogP contribution is 2.24. The smallest absolute Gasteiger partial charge is 0.343 e. The van der Waals surface area contributed by atoms with Crippen LogP contribution in [-0.2, 0) is 6.54 Å². The van der Waals surface area contributed by atoms with Crippen LogP contribution in [0.5, 0.6) is 0 Å². The molecule has 0 spiro atoms.